The molecule has 0 aliphatic heterocycles. The number of H-pyrrole nitrogens is 2. The first-order chi connectivity index (χ1) is 69.0. The Morgan fingerprint density at radius 2 is 0.629 bits per heavy atom. The van der Waals surface area contributed by atoms with Crippen molar-refractivity contribution in [2.75, 3.05) is 48.1 Å². The van der Waals surface area contributed by atoms with Crippen molar-refractivity contribution >= 4 is 111 Å². The van der Waals surface area contributed by atoms with E-state index in [1.54, 1.807) is 12.4 Å². The van der Waals surface area contributed by atoms with Gasteiger partial charge >= 0.3 is 30.0 Å². The predicted octanol–water partition coefficient (Wildman–Crippen LogP) is 6.03. The van der Waals surface area contributed by atoms with E-state index in [4.69, 9.17) is 19.9 Å². The summed E-state index contributed by atoms with van der Waals surface area (Å²) in [6.07, 6.45) is -3.83. The summed E-state index contributed by atoms with van der Waals surface area (Å²) in [5.41, 5.74) is 14.5. The van der Waals surface area contributed by atoms with E-state index in [-0.39, 0.29) is 25.4 Å². The van der Waals surface area contributed by atoms with Gasteiger partial charge in [-0.05, 0) is 99.2 Å². The van der Waals surface area contributed by atoms with E-state index < -0.39 is 199 Å². The summed E-state index contributed by atoms with van der Waals surface area (Å²) < 4.78 is 24.6. The number of hydrogen-bond acceptors (Lipinski definition) is 23. The molecule has 12 aromatic rings. The second-order valence-corrected chi connectivity index (χ2v) is 33.8. The Bertz CT molecular complexity index is 6250. The van der Waals surface area contributed by atoms with Gasteiger partial charge in [0, 0.05) is 46.5 Å². The van der Waals surface area contributed by atoms with Gasteiger partial charge < -0.3 is 108 Å². The van der Waals surface area contributed by atoms with Crippen LogP contribution in [0.3, 0.4) is 0 Å². The number of rotatable bonds is 43. The van der Waals surface area contributed by atoms with Gasteiger partial charge in [0.2, 0.25) is 59.1 Å². The van der Waals surface area contributed by atoms with Crippen LogP contribution in [0.5, 0.6) is 0 Å². The molecule has 36 nitrogen and oxygen atoms in total. The number of methoxy groups -OCH3 is 4. The zero-order valence-electron chi connectivity index (χ0n) is 79.1. The summed E-state index contributed by atoms with van der Waals surface area (Å²) in [7, 11) is 4.30. The molecular weight excluding hydrogens is 1830 g/mol. The molecule has 2 heterocycles. The molecule has 10 atom stereocenters. The highest BCUT2D eigenvalue weighted by molar-refractivity contribution is 6.02. The molecule has 742 valence electrons. The monoisotopic (exact) mass is 1940 g/mol. The van der Waals surface area contributed by atoms with Crippen molar-refractivity contribution in [2.24, 2.45) is 5.73 Å². The minimum absolute atomic E-state index is 0.0433. The maximum absolute atomic E-state index is 15.1. The fraction of sp³-hybridized carbons (Fsp3) is 0.262. The van der Waals surface area contributed by atoms with Crippen LogP contribution in [0.4, 0.5) is 4.79 Å². The molecule has 0 saturated heterocycles. The van der Waals surface area contributed by atoms with Crippen LogP contribution < -0.4 is 64.2 Å². The number of hydrogen-bond donors (Lipinski definition) is 16. The molecule has 13 rings (SSSR count). The maximum Gasteiger partial charge on any atom is 0.407 e. The molecule has 11 amide bonds. The van der Waals surface area contributed by atoms with Crippen LogP contribution in [0.25, 0.3) is 32.9 Å². The number of ether oxygens (including phenoxy) is 5. The second-order valence-electron chi connectivity index (χ2n) is 33.8. The number of carbonyl (C=O) groups is 15. The quantitative estimate of drug-likeness (QED) is 0.0118. The molecule has 1 aliphatic carbocycles. The third-order valence-corrected chi connectivity index (χ3v) is 24.3. The number of alkyl carbamates (subject to hydrolysis) is 1. The molecule has 2 aromatic heterocycles. The van der Waals surface area contributed by atoms with Crippen LogP contribution in [0, 0.1) is 0 Å². The molecule has 17 N–H and O–H groups in total. The summed E-state index contributed by atoms with van der Waals surface area (Å²) in [5.74, 6) is -13.6. The number of fused-ring (bicyclic) bond motifs is 5. The molecule has 1 aliphatic rings. The average Bonchev–Trinajstić information content (AvgIpc) is 1.54. The Labute approximate surface area is 822 Å². The van der Waals surface area contributed by atoms with Gasteiger partial charge in [0.25, 0.3) is 0 Å². The highest BCUT2D eigenvalue weighted by Gasteiger charge is 2.44. The topological polar surface area (TPSA) is 533 Å². The first kappa shape index (κ1) is 105. The standard InChI is InChI=1S/C61H61N7O12.C46H51N7O10/c1-37(69)55(59(76)63-35-54(72)79-3)67-58(75)51(33-53(71)78-2)65-57(74)50(32-52(70)68-61(39-19-7-4-8-20-39,40-21-9-5-10-22-40)41-23-11-6-12-24-41)64-56(73)49(31-38-34-62-48-30-18-17-25-42(38)48)66-60(77)80-36-47-45-28-15-13-26-43(45)44-27-14-16-29-46(44)47;1-28(54)41(45(61)49-27-40(57)63-3)52-44(60)37(25-39(56)62-2)51-43(59)36(50-42(58)34(47)23-29-26-48-35-22-14-13-21-33(29)35)24-38(55)53-46(30-15-7-4-8-16-30,31-17-9-5-10-18-31)32-19-11-6-12-20-32/h4-30,34,37,47,49-51,55,62,69H,31-33,35-36H2,1-3H3,(H,63,76)(H,64,73)(H,65,74)(H,66,77)(H,67,75)(H,68,70);4-22,26,28,34,36-37,41,48,54H,23-25,27,47H2,1-3H3,(H,49,61)(H,50,58)(H,51,59)(H,52,60)(H,53,55). The van der Waals surface area contributed by atoms with Gasteiger partial charge in [0.1, 0.15) is 73.1 Å². The summed E-state index contributed by atoms with van der Waals surface area (Å²) in [5, 5.41) is 50.8. The fourth-order valence-corrected chi connectivity index (χ4v) is 17.0. The number of para-hydroxylation sites is 2. The molecule has 0 saturated carbocycles. The third-order valence-electron chi connectivity index (χ3n) is 24.3. The van der Waals surface area contributed by atoms with E-state index in [0.29, 0.717) is 38.9 Å². The number of esters is 4. The normalized spacial score (nSPS) is 13.6. The van der Waals surface area contributed by atoms with E-state index in [0.717, 1.165) is 78.1 Å². The van der Waals surface area contributed by atoms with Crippen molar-refractivity contribution < 1.29 is 106 Å². The van der Waals surface area contributed by atoms with Crippen LogP contribution in [-0.4, -0.2) is 218 Å². The lowest BCUT2D eigenvalue weighted by molar-refractivity contribution is -0.145. The summed E-state index contributed by atoms with van der Waals surface area (Å²) in [6.45, 7) is 1.09. The number of amides is 11. The number of benzene rings is 10. The third kappa shape index (κ3) is 26.7. The molecule has 0 bridgehead atoms. The minimum atomic E-state index is -1.86. The lowest BCUT2D eigenvalue weighted by atomic mass is 9.77. The summed E-state index contributed by atoms with van der Waals surface area (Å²) >= 11 is 0. The van der Waals surface area contributed by atoms with E-state index in [9.17, 15) is 72.5 Å². The van der Waals surface area contributed by atoms with Crippen LogP contribution in [-0.2, 0) is 115 Å². The summed E-state index contributed by atoms with van der Waals surface area (Å²) in [4.78, 5) is 211. The van der Waals surface area contributed by atoms with E-state index >= 15 is 9.59 Å². The van der Waals surface area contributed by atoms with Crippen LogP contribution in [0.1, 0.15) is 101 Å². The highest BCUT2D eigenvalue weighted by atomic mass is 16.6. The second kappa shape index (κ2) is 50.0. The van der Waals surface area contributed by atoms with Crippen molar-refractivity contribution in [3.8, 4) is 11.1 Å². The Morgan fingerprint density at radius 1 is 0.336 bits per heavy atom. The molecule has 36 heteroatoms. The molecule has 0 radical (unpaired) electrons. The Hall–Kier alpha value is -17.0. The summed E-state index contributed by atoms with van der Waals surface area (Å²) in [6, 6.07) is 72.0. The Kier molecular flexibility index (Phi) is 36.7. The number of aliphatic hydroxyl groups is 2. The van der Waals surface area contributed by atoms with Crippen molar-refractivity contribution in [3.63, 3.8) is 0 Å². The molecule has 143 heavy (non-hydrogen) atoms. The lowest BCUT2D eigenvalue weighted by Gasteiger charge is -2.37. The van der Waals surface area contributed by atoms with Gasteiger partial charge in [-0.2, -0.15) is 0 Å². The maximum atomic E-state index is 15.1. The van der Waals surface area contributed by atoms with Crippen molar-refractivity contribution in [2.45, 2.75) is 130 Å². The first-order valence-corrected chi connectivity index (χ1v) is 45.9. The zero-order chi connectivity index (χ0) is 102. The van der Waals surface area contributed by atoms with Gasteiger partial charge in [-0.1, -0.05) is 267 Å². The number of aromatic amines is 2. The van der Waals surface area contributed by atoms with Crippen molar-refractivity contribution in [1.82, 2.24) is 68.5 Å². The number of nitrogens with two attached hydrogens (primary N) is 1. The Balaban J connectivity index is 0.000000263. The average molecular weight is 1950 g/mol. The first-order valence-electron chi connectivity index (χ1n) is 45.9. The van der Waals surface area contributed by atoms with Crippen molar-refractivity contribution in [1.29, 1.82) is 0 Å². The molecule has 0 fully saturated rings. The van der Waals surface area contributed by atoms with E-state index in [1.165, 1.54) is 13.8 Å². The van der Waals surface area contributed by atoms with Gasteiger partial charge in [0.05, 0.1) is 72.4 Å². The largest absolute Gasteiger partial charge is 0.469 e. The van der Waals surface area contributed by atoms with Gasteiger partial charge in [-0.3, -0.25) is 67.1 Å². The lowest BCUT2D eigenvalue weighted by Crippen LogP contribution is -2.61. The number of nitrogens with one attached hydrogen (secondary N) is 13. The molecule has 0 spiro atoms. The predicted molar refractivity (Wildman–Crippen MR) is 526 cm³/mol. The van der Waals surface area contributed by atoms with Crippen LogP contribution in [0.15, 0.2) is 291 Å². The number of carbonyl (C=O) groups excluding carboxylic acids is 15. The zero-order valence-corrected chi connectivity index (χ0v) is 79.1. The molecule has 10 unspecified atom stereocenters. The molecular formula is C107H112N14O22. The van der Waals surface area contributed by atoms with Gasteiger partial charge in [-0.25, -0.2) is 4.79 Å². The SMILES string of the molecule is COC(=O)CNC(=O)C(NC(=O)C(CC(=O)OC)NC(=O)C(CC(=O)NC(c1ccccc1)(c1ccccc1)c1ccccc1)NC(=O)C(Cc1c[nH]c2ccccc12)NC(=O)OCC1c2ccccc2-c2ccccc21)C(C)O.COC(=O)CNC(=O)C(NC(=O)C(CC(=O)OC)NC(=O)C(CC(=O)NC(c1ccccc1)(c1ccccc1)c1ccccc1)NC(=O)C(N)Cc1c[nH]c2ccccc12)C(C)O. The smallest absolute Gasteiger partial charge is 0.407 e. The van der Waals surface area contributed by atoms with E-state index in [1.807, 2.05) is 279 Å². The number of aliphatic hydroxyl groups excluding tert-OH is 2. The van der Waals surface area contributed by atoms with Gasteiger partial charge in [0.15, 0.2) is 0 Å². The fourth-order valence-electron chi connectivity index (χ4n) is 17.0. The number of aromatic nitrogens is 2. The van der Waals surface area contributed by atoms with Crippen LogP contribution >= 0.6 is 0 Å². The van der Waals surface area contributed by atoms with Crippen LogP contribution in [0.2, 0.25) is 0 Å². The molecule has 10 aromatic carbocycles. The van der Waals surface area contributed by atoms with E-state index in [2.05, 4.69) is 77.9 Å². The van der Waals surface area contributed by atoms with Crippen molar-refractivity contribution in [3.05, 3.63) is 347 Å². The highest BCUT2D eigenvalue weighted by Crippen LogP contribution is 2.45. The van der Waals surface area contributed by atoms with Gasteiger partial charge in [-0.15, -0.1) is 0 Å². The minimum Gasteiger partial charge on any atom is -0.469 e. The Morgan fingerprint density at radius 3 is 0.972 bits per heavy atom.